The number of benzene rings is 5. The highest BCUT2D eigenvalue weighted by molar-refractivity contribution is 7.21. The summed E-state index contributed by atoms with van der Waals surface area (Å²) in [5.41, 5.74) is 7.01. The number of Topliss-reactive ketones (excluding diaryl/α,β-unsaturated/α-hetero) is 1. The minimum atomic E-state index is -4.45. The molecule has 0 bridgehead atoms. The summed E-state index contributed by atoms with van der Waals surface area (Å²) < 4.78 is 104. The molecule has 4 saturated heterocycles. The van der Waals surface area contributed by atoms with Crippen LogP contribution in [0.15, 0.2) is 133 Å². The van der Waals surface area contributed by atoms with E-state index in [0.29, 0.717) is 146 Å². The van der Waals surface area contributed by atoms with Gasteiger partial charge in [-0.25, -0.2) is 77.4 Å². The molecule has 1 aliphatic carbocycles. The number of ether oxygens (including phenoxy) is 2. The van der Waals surface area contributed by atoms with E-state index >= 15 is 0 Å². The zero-order valence-electron chi connectivity index (χ0n) is 73.1. The molecule has 0 spiro atoms. The predicted molar refractivity (Wildman–Crippen MR) is 506 cm³/mol. The zero-order valence-corrected chi connectivity index (χ0v) is 76.4. The maximum Gasteiger partial charge on any atom is 0.416 e. The molecule has 6 aliphatic rings. The molecule has 4 amide bonds. The number of nitrogens with zero attached hydrogens (tertiary/aromatic N) is 13. The van der Waals surface area contributed by atoms with Crippen molar-refractivity contribution in [1.29, 1.82) is 0 Å². The van der Waals surface area contributed by atoms with Crippen LogP contribution in [0.4, 0.5) is 76.8 Å². The fourth-order valence-electron chi connectivity index (χ4n) is 16.0. The number of thiazole rings is 4. The Balaban J connectivity index is 0.000000131. The quantitative estimate of drug-likeness (QED) is 0.0186. The van der Waals surface area contributed by atoms with Crippen LogP contribution >= 0.6 is 45.3 Å². The monoisotopic (exact) mass is 1930 g/mol. The first-order valence-electron chi connectivity index (χ1n) is 44.7. The summed E-state index contributed by atoms with van der Waals surface area (Å²) in [5.74, 6) is 1.98. The molecular weight excluding hydrogens is 1830 g/mol. The summed E-state index contributed by atoms with van der Waals surface area (Å²) in [4.78, 5) is 122. The number of anilines is 8. The van der Waals surface area contributed by atoms with Crippen molar-refractivity contribution in [3.63, 3.8) is 0 Å². The number of amides is 4. The van der Waals surface area contributed by atoms with Crippen molar-refractivity contribution < 1.29 is 64.2 Å². The van der Waals surface area contributed by atoms with Gasteiger partial charge in [0.1, 0.15) is 109 Å². The first-order valence-corrected chi connectivity index (χ1v) is 47.9. The smallest absolute Gasteiger partial charge is 0.416 e. The number of hydrogen-bond donors (Lipinski definition) is 12. The molecule has 0 radical (unpaired) electrons. The second-order valence-corrected chi connectivity index (χ2v) is 37.1. The van der Waals surface area contributed by atoms with Crippen molar-refractivity contribution in [3.8, 4) is 11.5 Å². The Labute approximate surface area is 786 Å². The molecule has 5 fully saturated rings. The number of ketones is 1. The van der Waals surface area contributed by atoms with Gasteiger partial charge in [0.15, 0.2) is 49.4 Å². The second kappa shape index (κ2) is 46.1. The first-order chi connectivity index (χ1) is 65.7. The lowest BCUT2D eigenvalue weighted by Gasteiger charge is -2.22. The lowest BCUT2D eigenvalue weighted by Crippen LogP contribution is -2.35. The van der Waals surface area contributed by atoms with Gasteiger partial charge in [0.2, 0.25) is 0 Å². The highest BCUT2D eigenvalue weighted by Crippen LogP contribution is 2.39. The number of aromatic nitrogens is 12. The average Bonchev–Trinajstić information content (AvgIpc) is 1.67. The topological polar surface area (TPSA) is 415 Å². The van der Waals surface area contributed by atoms with Gasteiger partial charge in [-0.1, -0.05) is 81.7 Å². The third kappa shape index (κ3) is 26.1. The van der Waals surface area contributed by atoms with Crippen molar-refractivity contribution in [2.45, 2.75) is 115 Å². The van der Waals surface area contributed by atoms with Crippen LogP contribution in [-0.4, -0.2) is 200 Å². The van der Waals surface area contributed by atoms with Crippen molar-refractivity contribution in [2.75, 3.05) is 113 Å². The van der Waals surface area contributed by atoms with Crippen molar-refractivity contribution in [3.05, 3.63) is 188 Å². The number of fused-ring (bicyclic) bond motifs is 5. The Morgan fingerprint density at radius 2 is 0.822 bits per heavy atom. The number of aliphatic imine (C=N–C) groups is 1. The standard InChI is InChI=1S/C28H27F3N6O2S.C23H27FN6O2S.C21H23F3N6O2S.C20H21N7OS/c29-28(30,31)20-3-1-2-19(12-20)14-22(38)13-17-4-6-21(7-5-17)36-24-23-26(35-16-34-24)40-27(37-23)25(39)33-15-18-8-10-32-11-9-18;24-15-5-6-17(18(11-15)32-16-3-1-2-4-16)29-20-19-22(28-13-27-20)33-23(30-19)21(31)26-12-14-7-9-25-10-8-14;22-8-14(9-23)32-16-7-13(24)1-2-15(16)29-18-17-20(28-11-27-18)33-21(30-17)19(31)26-10-12-3-5-25-6-4-12;28-18(23-8-12-3-5-21-6-4-12)20-27-16-17(24-11-25-19(16)29-20)26-15-2-1-13-9-22-10-14(13)7-15/h1-7,12,16,18,32H,8-11,13-15H2,(H,33,39)(H,34,35,36);5-6,11,13-14,16,25H,1-4,7-10,12H2,(H,26,31)(H,27,28,29);1-2,7,11-12,14,25H,3-6,8-10H2,(H,26,31)(H,27,28,29);1-2,7,10-12,21H,3-6,8-9H2,(H,23,28)(H,24,25,26). The Kier molecular flexibility index (Phi) is 32.6. The lowest BCUT2D eigenvalue weighted by molar-refractivity contribution is -0.137. The molecule has 5 aromatic carbocycles. The Morgan fingerprint density at radius 3 is 1.24 bits per heavy atom. The maximum absolute atomic E-state index is 13.9. The molecule has 12 N–H and O–H groups in total. The summed E-state index contributed by atoms with van der Waals surface area (Å²) in [6, 6.07) is 26.0. The molecule has 135 heavy (non-hydrogen) atoms. The molecule has 0 atom stereocenters. The van der Waals surface area contributed by atoms with Crippen molar-refractivity contribution in [1.82, 2.24) is 102 Å². The van der Waals surface area contributed by atoms with Gasteiger partial charge >= 0.3 is 6.18 Å². The normalized spacial score (nSPS) is 15.5. The number of piperidine rings is 4. The molecule has 5 aliphatic heterocycles. The summed E-state index contributed by atoms with van der Waals surface area (Å²) >= 11 is 4.85. The summed E-state index contributed by atoms with van der Waals surface area (Å²) in [7, 11) is 0. The van der Waals surface area contributed by atoms with Crippen LogP contribution in [0.3, 0.4) is 0 Å². The third-order valence-electron chi connectivity index (χ3n) is 23.4. The van der Waals surface area contributed by atoms with E-state index in [2.05, 4.69) is 135 Å². The van der Waals surface area contributed by atoms with E-state index in [1.165, 1.54) is 101 Å². The number of rotatable bonds is 30. The Hall–Kier alpha value is -12.7. The van der Waals surface area contributed by atoms with Crippen molar-refractivity contribution >= 4 is 168 Å². The number of carbonyl (C=O) groups is 5. The van der Waals surface area contributed by atoms with Crippen LogP contribution in [0.25, 0.3) is 41.4 Å². The molecule has 0 unspecified atom stereocenters. The maximum atomic E-state index is 13.9. The molecule has 706 valence electrons. The fraction of sp³-hybridized carbons (Fsp3) is 0.391. The number of hydrogen-bond acceptors (Lipinski definition) is 32. The molecule has 13 aromatic rings. The molecule has 13 heterocycles. The summed E-state index contributed by atoms with van der Waals surface area (Å²) in [6.07, 6.45) is 14.4. The summed E-state index contributed by atoms with van der Waals surface area (Å²) in [5, 5.41) is 39.2. The van der Waals surface area contributed by atoms with E-state index < -0.39 is 37.0 Å². The first kappa shape index (κ1) is 95.5. The fourth-order valence-corrected chi connectivity index (χ4v) is 19.3. The molecule has 1 saturated carbocycles. The number of carbonyl (C=O) groups excluding carboxylic acids is 5. The number of nitrogens with one attached hydrogen (secondary N) is 12. The second-order valence-electron chi connectivity index (χ2n) is 33.2. The van der Waals surface area contributed by atoms with Crippen LogP contribution in [0, 0.1) is 35.3 Å². The van der Waals surface area contributed by atoms with Crippen LogP contribution in [0.5, 0.6) is 11.5 Å². The molecular formula is C92H98F7N25O7S4. The molecule has 19 rings (SSSR count). The minimum absolute atomic E-state index is 0.0720. The van der Waals surface area contributed by atoms with E-state index in [9.17, 15) is 54.7 Å². The van der Waals surface area contributed by atoms with E-state index in [1.54, 1.807) is 30.3 Å². The largest absolute Gasteiger partial charge is 0.488 e. The highest BCUT2D eigenvalue weighted by atomic mass is 32.1. The van der Waals surface area contributed by atoms with Gasteiger partial charge < -0.3 is 73.3 Å². The summed E-state index contributed by atoms with van der Waals surface area (Å²) in [6.45, 7) is 8.94. The van der Waals surface area contributed by atoms with E-state index in [-0.39, 0.29) is 76.4 Å². The molecule has 43 heteroatoms. The van der Waals surface area contributed by atoms with E-state index in [4.69, 9.17) is 9.47 Å². The Morgan fingerprint density at radius 1 is 0.430 bits per heavy atom. The third-order valence-corrected chi connectivity index (χ3v) is 27.2. The molecule has 8 aromatic heterocycles. The lowest BCUT2D eigenvalue weighted by atomic mass is 9.98. The predicted octanol–water partition coefficient (Wildman–Crippen LogP) is 14.8. The van der Waals surface area contributed by atoms with Crippen LogP contribution in [0.2, 0.25) is 0 Å². The van der Waals surface area contributed by atoms with E-state index in [1.807, 2.05) is 18.3 Å². The average molecular weight is 1930 g/mol. The van der Waals surface area contributed by atoms with E-state index in [0.717, 1.165) is 182 Å². The van der Waals surface area contributed by atoms with Gasteiger partial charge in [-0.3, -0.25) is 29.0 Å². The van der Waals surface area contributed by atoms with Crippen molar-refractivity contribution in [2.24, 2.45) is 28.7 Å². The van der Waals surface area contributed by atoms with Gasteiger partial charge in [-0.05, 0) is 230 Å². The van der Waals surface area contributed by atoms with Gasteiger partial charge in [0.25, 0.3) is 23.6 Å². The zero-order chi connectivity index (χ0) is 93.6. The van der Waals surface area contributed by atoms with Gasteiger partial charge in [-0.2, -0.15) is 13.2 Å². The van der Waals surface area contributed by atoms with Crippen LogP contribution in [0.1, 0.15) is 144 Å². The van der Waals surface area contributed by atoms with Gasteiger partial charge in [0, 0.05) is 68.7 Å². The highest BCUT2D eigenvalue weighted by Gasteiger charge is 2.32. The van der Waals surface area contributed by atoms with Gasteiger partial charge in [-0.15, -0.1) is 0 Å². The number of halogens is 7. The number of alkyl halides is 5. The van der Waals surface area contributed by atoms with Crippen LogP contribution in [-0.2, 0) is 30.4 Å². The van der Waals surface area contributed by atoms with Crippen LogP contribution < -0.4 is 73.3 Å². The SMILES string of the molecule is O=C(Cc1ccc(Nc2ncnc3sc(C(=O)NCC4CCNCC4)nc23)cc1)Cc1cccc(C(F)(F)F)c1.O=C(NCC1CCNCC1)c1nc2c(Nc3ccc(F)cc3OC(CF)CF)ncnc2s1.O=C(NCC1CCNCC1)c1nc2c(Nc3ccc(F)cc3OC3CCCC3)ncnc2s1.O=C(NCC1CCNCC1)c1nc2c(Nc3ccc4c(c3)C=NC4)ncnc2s1. The minimum Gasteiger partial charge on any atom is -0.488 e. The Bertz CT molecular complexity index is 6160. The van der Waals surface area contributed by atoms with Gasteiger partial charge in [0.05, 0.1) is 29.6 Å². The molecule has 32 nitrogen and oxygen atoms in total.